The third kappa shape index (κ3) is 4.31. The lowest BCUT2D eigenvalue weighted by molar-refractivity contribution is 0.234. The van der Waals surface area contributed by atoms with E-state index in [4.69, 9.17) is 9.47 Å². The van der Waals surface area contributed by atoms with Gasteiger partial charge in [-0.25, -0.2) is 5.01 Å². The van der Waals surface area contributed by atoms with Crippen molar-refractivity contribution >= 4 is 34.2 Å². The van der Waals surface area contributed by atoms with Gasteiger partial charge in [0.25, 0.3) is 0 Å². The van der Waals surface area contributed by atoms with Crippen molar-refractivity contribution in [1.29, 1.82) is 0 Å². The number of thioether (sulfide) groups is 1. The van der Waals surface area contributed by atoms with Crippen molar-refractivity contribution in [3.63, 3.8) is 0 Å². The highest BCUT2D eigenvalue weighted by Crippen LogP contribution is 2.38. The number of hydrogen-bond acceptors (Lipinski definition) is 6. The quantitative estimate of drug-likeness (QED) is 0.478. The van der Waals surface area contributed by atoms with Crippen LogP contribution in [-0.4, -0.2) is 61.4 Å². The lowest BCUT2D eigenvalue weighted by Crippen LogP contribution is -2.40. The normalized spacial score (nSPS) is 18.1. The van der Waals surface area contributed by atoms with E-state index in [1.807, 2.05) is 39.1 Å². The fraction of sp³-hybridized carbons (Fsp3) is 0.400. The van der Waals surface area contributed by atoms with Crippen molar-refractivity contribution in [2.75, 3.05) is 39.8 Å². The molecule has 8 heteroatoms. The molecule has 0 fully saturated rings. The van der Waals surface area contributed by atoms with Crippen molar-refractivity contribution < 1.29 is 14.3 Å². The number of aliphatic imine (C=N–C) groups is 1. The molecule has 0 saturated heterocycles. The average Bonchev–Trinajstić information content (AvgIpc) is 2.81. The molecule has 174 valence electrons. The summed E-state index contributed by atoms with van der Waals surface area (Å²) in [6.45, 7) is 4.98. The molecule has 33 heavy (non-hydrogen) atoms. The fourth-order valence-corrected chi connectivity index (χ4v) is 5.26. The first kappa shape index (κ1) is 23.2. The van der Waals surface area contributed by atoms with Crippen molar-refractivity contribution in [2.45, 2.75) is 31.4 Å². The van der Waals surface area contributed by atoms with Gasteiger partial charge in [-0.3, -0.25) is 9.79 Å². The molecule has 0 radical (unpaired) electrons. The number of amidine groups is 1. The number of fused-ring (bicyclic) bond motifs is 1. The zero-order chi connectivity index (χ0) is 23.8. The van der Waals surface area contributed by atoms with E-state index < -0.39 is 0 Å². The zero-order valence-electron chi connectivity index (χ0n) is 20.0. The van der Waals surface area contributed by atoms with Crippen LogP contribution in [0, 0.1) is 0 Å². The van der Waals surface area contributed by atoms with Gasteiger partial charge in [0.05, 0.1) is 24.7 Å². The molecular weight excluding hydrogens is 436 g/mol. The Balaban J connectivity index is 1.72. The summed E-state index contributed by atoms with van der Waals surface area (Å²) in [5, 5.41) is 6.00. The summed E-state index contributed by atoms with van der Waals surface area (Å²) in [6, 6.07) is 12.3. The molecule has 4 rings (SSSR count). The van der Waals surface area contributed by atoms with E-state index in [1.165, 1.54) is 22.3 Å². The molecule has 2 heterocycles. The van der Waals surface area contributed by atoms with Crippen LogP contribution in [0.15, 0.2) is 46.5 Å². The third-order valence-corrected chi connectivity index (χ3v) is 7.15. The molecule has 0 unspecified atom stereocenters. The summed E-state index contributed by atoms with van der Waals surface area (Å²) < 4.78 is 10.5. The standard InChI is InChI=1S/C25H30N4O3S/c1-25(2)22(27-28(4)24(30)33-25)17-9-11-19-16(14-17)8-7-13-29(19)23(26-3)18-10-12-20(31-5)21(15-18)32-6/h9-12,14-15H,7-8,13H2,1-6H3/b26-23-. The monoisotopic (exact) mass is 466 g/mol. The Morgan fingerprint density at radius 3 is 2.58 bits per heavy atom. The molecule has 2 aromatic carbocycles. The predicted octanol–water partition coefficient (Wildman–Crippen LogP) is 4.81. The maximum absolute atomic E-state index is 12.1. The summed E-state index contributed by atoms with van der Waals surface area (Å²) in [6.07, 6.45) is 2.00. The van der Waals surface area contributed by atoms with Gasteiger partial charge >= 0.3 is 5.24 Å². The first-order valence-corrected chi connectivity index (χ1v) is 11.8. The largest absolute Gasteiger partial charge is 0.493 e. The number of anilines is 1. The highest BCUT2D eigenvalue weighted by atomic mass is 32.2. The summed E-state index contributed by atoms with van der Waals surface area (Å²) >= 11 is 1.31. The molecule has 0 spiro atoms. The van der Waals surface area contributed by atoms with Crippen LogP contribution in [0.4, 0.5) is 10.5 Å². The van der Waals surface area contributed by atoms with Gasteiger partial charge in [0.1, 0.15) is 5.84 Å². The van der Waals surface area contributed by atoms with Gasteiger partial charge in [-0.1, -0.05) is 17.8 Å². The van der Waals surface area contributed by atoms with Crippen LogP contribution in [0.3, 0.4) is 0 Å². The number of carbonyl (C=O) groups is 1. The van der Waals surface area contributed by atoms with Crippen LogP contribution < -0.4 is 14.4 Å². The Kier molecular flexibility index (Phi) is 6.38. The number of ether oxygens (including phenoxy) is 2. The van der Waals surface area contributed by atoms with E-state index in [0.717, 1.165) is 47.7 Å². The minimum Gasteiger partial charge on any atom is -0.493 e. The first-order chi connectivity index (χ1) is 15.8. The molecule has 2 aliphatic heterocycles. The average molecular weight is 467 g/mol. The molecule has 2 aliphatic rings. The molecule has 7 nitrogen and oxygen atoms in total. The Labute approximate surface area is 199 Å². The second-order valence-electron chi connectivity index (χ2n) is 8.57. The Hall–Kier alpha value is -3.00. The van der Waals surface area contributed by atoms with Gasteiger partial charge in [0, 0.05) is 31.9 Å². The Morgan fingerprint density at radius 1 is 1.12 bits per heavy atom. The maximum atomic E-state index is 12.1. The molecular formula is C25H30N4O3S. The number of hydrazone groups is 1. The van der Waals surface area contributed by atoms with E-state index in [2.05, 4.69) is 33.2 Å². The van der Waals surface area contributed by atoms with E-state index in [0.29, 0.717) is 11.5 Å². The topological polar surface area (TPSA) is 66.7 Å². The van der Waals surface area contributed by atoms with Crippen molar-refractivity contribution in [3.8, 4) is 11.5 Å². The minimum atomic E-state index is -0.387. The summed E-state index contributed by atoms with van der Waals surface area (Å²) in [5.74, 6) is 2.26. The van der Waals surface area contributed by atoms with Crippen molar-refractivity contribution in [2.24, 2.45) is 10.1 Å². The second kappa shape index (κ2) is 9.09. The SMILES string of the molecule is C/N=C(/c1ccc(OC)c(OC)c1)N1CCCc2cc(C3=NN(C)C(=O)SC3(C)C)ccc21. The van der Waals surface area contributed by atoms with Crippen molar-refractivity contribution in [3.05, 3.63) is 53.1 Å². The molecule has 0 aromatic heterocycles. The van der Waals surface area contributed by atoms with Crippen LogP contribution in [0.1, 0.15) is 37.0 Å². The van der Waals surface area contributed by atoms with E-state index in [1.54, 1.807) is 21.3 Å². The molecule has 2 aromatic rings. The molecule has 0 atom stereocenters. The number of carbonyl (C=O) groups excluding carboxylic acids is 1. The zero-order valence-corrected chi connectivity index (χ0v) is 20.8. The van der Waals surface area contributed by atoms with Gasteiger partial charge in [0.15, 0.2) is 11.5 Å². The molecule has 1 amide bonds. The van der Waals surface area contributed by atoms with Gasteiger partial charge in [-0.2, -0.15) is 5.10 Å². The van der Waals surface area contributed by atoms with Crippen LogP contribution >= 0.6 is 11.8 Å². The number of nitrogens with zero attached hydrogens (tertiary/aromatic N) is 4. The number of hydrogen-bond donors (Lipinski definition) is 0. The summed E-state index contributed by atoms with van der Waals surface area (Å²) in [4.78, 5) is 19.0. The van der Waals surface area contributed by atoms with Gasteiger partial charge < -0.3 is 14.4 Å². The number of methoxy groups -OCH3 is 2. The molecule has 0 bridgehead atoms. The Bertz CT molecular complexity index is 1140. The Morgan fingerprint density at radius 2 is 1.88 bits per heavy atom. The number of amides is 1. The molecule has 0 N–H and O–H groups in total. The smallest absolute Gasteiger partial charge is 0.302 e. The van der Waals surface area contributed by atoms with Crippen molar-refractivity contribution in [1.82, 2.24) is 5.01 Å². The van der Waals surface area contributed by atoms with Crippen LogP contribution in [0.2, 0.25) is 0 Å². The maximum Gasteiger partial charge on any atom is 0.302 e. The van der Waals surface area contributed by atoms with Crippen LogP contribution in [0.25, 0.3) is 0 Å². The van der Waals surface area contributed by atoms with E-state index in [9.17, 15) is 4.79 Å². The highest BCUT2D eigenvalue weighted by Gasteiger charge is 2.37. The number of rotatable bonds is 4. The lowest BCUT2D eigenvalue weighted by atomic mass is 9.93. The predicted molar refractivity (Wildman–Crippen MR) is 135 cm³/mol. The molecule has 0 saturated carbocycles. The summed E-state index contributed by atoms with van der Waals surface area (Å²) in [7, 11) is 6.80. The van der Waals surface area contributed by atoms with E-state index in [-0.39, 0.29) is 9.99 Å². The first-order valence-electron chi connectivity index (χ1n) is 10.9. The van der Waals surface area contributed by atoms with E-state index >= 15 is 0 Å². The lowest BCUT2D eigenvalue weighted by Gasteiger charge is -2.35. The van der Waals surface area contributed by atoms with Crippen LogP contribution in [0.5, 0.6) is 11.5 Å². The highest BCUT2D eigenvalue weighted by molar-refractivity contribution is 8.15. The third-order valence-electron chi connectivity index (χ3n) is 6.01. The number of aryl methyl sites for hydroxylation is 1. The molecule has 0 aliphatic carbocycles. The summed E-state index contributed by atoms with van der Waals surface area (Å²) in [5.41, 5.74) is 5.34. The second-order valence-corrected chi connectivity index (χ2v) is 10.1. The van der Waals surface area contributed by atoms with Crippen LogP contribution in [-0.2, 0) is 6.42 Å². The fourth-order valence-electron chi connectivity index (χ4n) is 4.39. The van der Waals surface area contributed by atoms with Gasteiger partial charge in [-0.15, -0.1) is 0 Å². The van der Waals surface area contributed by atoms with Gasteiger partial charge in [-0.05, 0) is 68.1 Å². The van der Waals surface area contributed by atoms with Gasteiger partial charge in [0.2, 0.25) is 0 Å². The number of benzene rings is 2. The minimum absolute atomic E-state index is 0.0356.